The van der Waals surface area contributed by atoms with Gasteiger partial charge in [-0.15, -0.1) is 10.2 Å². The van der Waals surface area contributed by atoms with Gasteiger partial charge in [-0.2, -0.15) is 4.80 Å². The quantitative estimate of drug-likeness (QED) is 0.878. The summed E-state index contributed by atoms with van der Waals surface area (Å²) in [5, 5.41) is 16.2. The van der Waals surface area contributed by atoms with Gasteiger partial charge in [0.2, 0.25) is 0 Å². The summed E-state index contributed by atoms with van der Waals surface area (Å²) in [4.78, 5) is 1.55. The number of tetrazole rings is 1. The fourth-order valence-corrected chi connectivity index (χ4v) is 2.91. The average molecular weight is 257 g/mol. The molecule has 0 radical (unpaired) electrons. The van der Waals surface area contributed by atoms with E-state index < -0.39 is 0 Å². The second-order valence-corrected chi connectivity index (χ2v) is 5.30. The first-order chi connectivity index (χ1) is 9.21. The lowest BCUT2D eigenvalue weighted by Crippen LogP contribution is -2.41. The third-order valence-corrected chi connectivity index (χ3v) is 3.96. The lowest BCUT2D eigenvalue weighted by molar-refractivity contribution is 0.344. The van der Waals surface area contributed by atoms with Gasteiger partial charge in [0.05, 0.1) is 12.5 Å². The van der Waals surface area contributed by atoms with Crippen LogP contribution in [0, 0.1) is 6.92 Å². The molecule has 3 rings (SSSR count). The van der Waals surface area contributed by atoms with Crippen LogP contribution in [0.5, 0.6) is 0 Å². The van der Waals surface area contributed by atoms with E-state index in [0.29, 0.717) is 0 Å². The largest absolute Gasteiger partial charge is 0.317 e. The van der Waals surface area contributed by atoms with Crippen molar-refractivity contribution >= 4 is 0 Å². The molecule has 0 amide bonds. The molecule has 1 aromatic carbocycles. The molecule has 1 aliphatic rings. The van der Waals surface area contributed by atoms with E-state index in [2.05, 4.69) is 51.9 Å². The Labute approximate surface area is 113 Å². The lowest BCUT2D eigenvalue weighted by atomic mass is 9.72. The van der Waals surface area contributed by atoms with Crippen LogP contribution in [0.25, 0.3) is 0 Å². The molecule has 1 N–H and O–H groups in total. The van der Waals surface area contributed by atoms with Gasteiger partial charge in [0.15, 0.2) is 5.82 Å². The molecule has 100 valence electrons. The Hall–Kier alpha value is -1.75. The van der Waals surface area contributed by atoms with Crippen molar-refractivity contribution in [3.05, 3.63) is 41.2 Å². The highest BCUT2D eigenvalue weighted by Gasteiger charge is 2.39. The molecule has 2 aromatic rings. The van der Waals surface area contributed by atoms with Gasteiger partial charge in [-0.05, 0) is 43.6 Å². The molecule has 1 aliphatic heterocycles. The molecule has 5 nitrogen and oxygen atoms in total. The van der Waals surface area contributed by atoms with E-state index in [4.69, 9.17) is 0 Å². The van der Waals surface area contributed by atoms with E-state index in [1.54, 1.807) is 4.80 Å². The number of nitrogens with one attached hydrogen (secondary N) is 1. The molecule has 1 saturated heterocycles. The third-order valence-electron chi connectivity index (χ3n) is 3.96. The van der Waals surface area contributed by atoms with E-state index in [1.807, 2.05) is 7.05 Å². The van der Waals surface area contributed by atoms with E-state index >= 15 is 0 Å². The van der Waals surface area contributed by atoms with Crippen molar-refractivity contribution in [1.82, 2.24) is 25.5 Å². The predicted molar refractivity (Wildman–Crippen MR) is 72.9 cm³/mol. The minimum absolute atomic E-state index is 0.0917. The summed E-state index contributed by atoms with van der Waals surface area (Å²) in [6, 6.07) is 8.68. The highest BCUT2D eigenvalue weighted by atomic mass is 15.6. The number of hydrogen-bond acceptors (Lipinski definition) is 4. The van der Waals surface area contributed by atoms with Crippen LogP contribution in [0.4, 0.5) is 0 Å². The van der Waals surface area contributed by atoms with Crippen LogP contribution in [0.15, 0.2) is 24.3 Å². The molecular formula is C14H19N5. The van der Waals surface area contributed by atoms with E-state index in [1.165, 1.54) is 11.1 Å². The number of aryl methyl sites for hydroxylation is 2. The van der Waals surface area contributed by atoms with E-state index in [0.717, 1.165) is 31.8 Å². The summed E-state index contributed by atoms with van der Waals surface area (Å²) >= 11 is 0. The molecule has 2 heterocycles. The summed E-state index contributed by atoms with van der Waals surface area (Å²) in [7, 11) is 1.82. The van der Waals surface area contributed by atoms with Crippen LogP contribution in [-0.2, 0) is 12.5 Å². The molecule has 0 bridgehead atoms. The molecule has 19 heavy (non-hydrogen) atoms. The topological polar surface area (TPSA) is 55.6 Å². The van der Waals surface area contributed by atoms with Crippen LogP contribution in [0.2, 0.25) is 0 Å². The second kappa shape index (κ2) is 4.74. The molecule has 0 aliphatic carbocycles. The Morgan fingerprint density at radius 1 is 1.26 bits per heavy atom. The van der Waals surface area contributed by atoms with Gasteiger partial charge in [0.25, 0.3) is 0 Å². The van der Waals surface area contributed by atoms with Crippen LogP contribution in [-0.4, -0.2) is 33.3 Å². The summed E-state index contributed by atoms with van der Waals surface area (Å²) in [5.41, 5.74) is 2.49. The van der Waals surface area contributed by atoms with Crippen molar-refractivity contribution in [2.75, 3.05) is 13.1 Å². The zero-order valence-corrected chi connectivity index (χ0v) is 11.4. The zero-order valence-electron chi connectivity index (χ0n) is 11.4. The maximum absolute atomic E-state index is 4.48. The molecule has 5 heteroatoms. The minimum Gasteiger partial charge on any atom is -0.317 e. The summed E-state index contributed by atoms with van der Waals surface area (Å²) in [6.07, 6.45) is 2.03. The minimum atomic E-state index is -0.0917. The van der Waals surface area contributed by atoms with Crippen LogP contribution in [0.1, 0.15) is 29.8 Å². The Balaban J connectivity index is 2.11. The SMILES string of the molecule is Cc1cccc(C2(c3nnn(C)n3)CCNCC2)c1. The number of rotatable bonds is 2. The van der Waals surface area contributed by atoms with Gasteiger partial charge in [-0.1, -0.05) is 29.8 Å². The highest BCUT2D eigenvalue weighted by Crippen LogP contribution is 2.38. The van der Waals surface area contributed by atoms with Crippen molar-refractivity contribution < 1.29 is 0 Å². The monoisotopic (exact) mass is 257 g/mol. The Kier molecular flexibility index (Phi) is 3.06. The normalized spacial score (nSPS) is 18.4. The summed E-state index contributed by atoms with van der Waals surface area (Å²) < 4.78 is 0. The Morgan fingerprint density at radius 3 is 2.68 bits per heavy atom. The van der Waals surface area contributed by atoms with Crippen molar-refractivity contribution in [2.24, 2.45) is 7.05 Å². The fraction of sp³-hybridized carbons (Fsp3) is 0.500. The molecule has 1 aromatic heterocycles. The van der Waals surface area contributed by atoms with Gasteiger partial charge >= 0.3 is 0 Å². The maximum Gasteiger partial charge on any atom is 0.185 e. The smallest absolute Gasteiger partial charge is 0.185 e. The number of hydrogen-bond donors (Lipinski definition) is 1. The van der Waals surface area contributed by atoms with Crippen molar-refractivity contribution in [2.45, 2.75) is 25.2 Å². The lowest BCUT2D eigenvalue weighted by Gasteiger charge is -2.35. The standard InChI is InChI=1S/C14H19N5/c1-11-4-3-5-12(10-11)14(6-8-15-9-7-14)13-16-18-19(2)17-13/h3-5,10,15H,6-9H2,1-2H3. The van der Waals surface area contributed by atoms with Crippen LogP contribution in [0.3, 0.4) is 0 Å². The highest BCUT2D eigenvalue weighted by molar-refractivity contribution is 5.35. The van der Waals surface area contributed by atoms with E-state index in [9.17, 15) is 0 Å². The van der Waals surface area contributed by atoms with Gasteiger partial charge in [-0.25, -0.2) is 0 Å². The molecule has 0 saturated carbocycles. The first kappa shape index (κ1) is 12.3. The van der Waals surface area contributed by atoms with Crippen molar-refractivity contribution in [3.63, 3.8) is 0 Å². The van der Waals surface area contributed by atoms with Gasteiger partial charge in [-0.3, -0.25) is 0 Å². The maximum atomic E-state index is 4.48. The average Bonchev–Trinajstić information content (AvgIpc) is 2.87. The Morgan fingerprint density at radius 2 is 2.05 bits per heavy atom. The summed E-state index contributed by atoms with van der Waals surface area (Å²) in [6.45, 7) is 4.11. The van der Waals surface area contributed by atoms with Crippen molar-refractivity contribution in [3.8, 4) is 0 Å². The van der Waals surface area contributed by atoms with Gasteiger partial charge in [0, 0.05) is 0 Å². The molecular weight excluding hydrogens is 238 g/mol. The third kappa shape index (κ3) is 2.14. The number of nitrogens with zero attached hydrogens (tertiary/aromatic N) is 4. The van der Waals surface area contributed by atoms with Gasteiger partial charge in [0.1, 0.15) is 0 Å². The number of aromatic nitrogens is 4. The summed E-state index contributed by atoms with van der Waals surface area (Å²) in [5.74, 6) is 0.849. The zero-order chi connectivity index (χ0) is 13.3. The Bertz CT molecular complexity index is 569. The first-order valence-electron chi connectivity index (χ1n) is 6.73. The van der Waals surface area contributed by atoms with Crippen molar-refractivity contribution in [1.29, 1.82) is 0 Å². The molecule has 0 atom stereocenters. The predicted octanol–water partition coefficient (Wildman–Crippen LogP) is 1.19. The van der Waals surface area contributed by atoms with E-state index in [-0.39, 0.29) is 5.41 Å². The molecule has 1 fully saturated rings. The fourth-order valence-electron chi connectivity index (χ4n) is 2.91. The first-order valence-corrected chi connectivity index (χ1v) is 6.73. The number of piperidine rings is 1. The number of benzene rings is 1. The second-order valence-electron chi connectivity index (χ2n) is 5.30. The van der Waals surface area contributed by atoms with Gasteiger partial charge < -0.3 is 5.32 Å². The molecule has 0 spiro atoms. The van der Waals surface area contributed by atoms with Crippen LogP contribution < -0.4 is 5.32 Å². The van der Waals surface area contributed by atoms with Crippen LogP contribution >= 0.6 is 0 Å². The molecule has 0 unspecified atom stereocenters.